The van der Waals surface area contributed by atoms with Crippen LogP contribution < -0.4 is 5.32 Å². The van der Waals surface area contributed by atoms with Crippen LogP contribution in [-0.2, 0) is 6.54 Å². The molecule has 0 bridgehead atoms. The van der Waals surface area contributed by atoms with Crippen molar-refractivity contribution < 1.29 is 0 Å². The molecule has 1 N–H and O–H groups in total. The second-order valence-electron chi connectivity index (χ2n) is 2.96. The van der Waals surface area contributed by atoms with Crippen molar-refractivity contribution in [1.82, 2.24) is 4.98 Å². The summed E-state index contributed by atoms with van der Waals surface area (Å²) in [5.41, 5.74) is 4.05. The van der Waals surface area contributed by atoms with E-state index in [1.807, 2.05) is 11.6 Å². The van der Waals surface area contributed by atoms with Gasteiger partial charge in [-0.05, 0) is 56.7 Å². The first-order valence-corrected chi connectivity index (χ1v) is 7.13. The lowest BCUT2D eigenvalue weighted by atomic mass is 10.3. The van der Waals surface area contributed by atoms with Gasteiger partial charge >= 0.3 is 0 Å². The predicted octanol–water partition coefficient (Wildman–Crippen LogP) is 4.12. The summed E-state index contributed by atoms with van der Waals surface area (Å²) in [5.74, 6) is 0. The minimum absolute atomic E-state index is 0.779. The Morgan fingerprint density at radius 1 is 1.47 bits per heavy atom. The smallest absolute Gasteiger partial charge is 0.0795 e. The van der Waals surface area contributed by atoms with E-state index in [2.05, 4.69) is 66.3 Å². The molecule has 0 atom stereocenters. The maximum Gasteiger partial charge on any atom is 0.0795 e. The summed E-state index contributed by atoms with van der Waals surface area (Å²) in [6.45, 7) is 0.779. The van der Waals surface area contributed by atoms with Crippen molar-refractivity contribution in [1.29, 1.82) is 0 Å². The Balaban J connectivity index is 2.02. The highest BCUT2D eigenvalue weighted by molar-refractivity contribution is 14.1. The van der Waals surface area contributed by atoms with Gasteiger partial charge in [0.05, 0.1) is 17.7 Å². The summed E-state index contributed by atoms with van der Waals surface area (Å²) >= 11 is 7.40. The maximum absolute atomic E-state index is 4.22. The molecule has 1 aromatic heterocycles. The van der Waals surface area contributed by atoms with Crippen LogP contribution in [-0.4, -0.2) is 4.98 Å². The standard InChI is InChI=1S/C10H8BrIN2S/c11-9-2-1-7(3-10(9)12)13-4-8-5-15-6-14-8/h1-3,5-6,13H,4H2. The zero-order valence-electron chi connectivity index (χ0n) is 7.71. The van der Waals surface area contributed by atoms with Gasteiger partial charge in [0.1, 0.15) is 0 Å². The molecule has 2 rings (SSSR count). The monoisotopic (exact) mass is 394 g/mol. The van der Waals surface area contributed by atoms with Crippen molar-refractivity contribution in [3.05, 3.63) is 42.8 Å². The first-order valence-electron chi connectivity index (χ1n) is 4.31. The Bertz CT molecular complexity index is 445. The van der Waals surface area contributed by atoms with Crippen LogP contribution in [0.5, 0.6) is 0 Å². The molecule has 0 spiro atoms. The van der Waals surface area contributed by atoms with Crippen LogP contribution in [0.2, 0.25) is 0 Å². The summed E-state index contributed by atoms with van der Waals surface area (Å²) < 4.78 is 2.33. The molecular weight excluding hydrogens is 387 g/mol. The van der Waals surface area contributed by atoms with Gasteiger partial charge in [-0.1, -0.05) is 0 Å². The minimum atomic E-state index is 0.779. The second kappa shape index (κ2) is 5.27. The van der Waals surface area contributed by atoms with Gasteiger partial charge in [0.25, 0.3) is 0 Å². The lowest BCUT2D eigenvalue weighted by molar-refractivity contribution is 1.07. The molecule has 1 aromatic carbocycles. The summed E-state index contributed by atoms with van der Waals surface area (Å²) in [5, 5.41) is 5.39. The number of hydrogen-bond donors (Lipinski definition) is 1. The molecule has 1 heterocycles. The highest BCUT2D eigenvalue weighted by Crippen LogP contribution is 2.22. The van der Waals surface area contributed by atoms with Crippen molar-refractivity contribution in [2.45, 2.75) is 6.54 Å². The number of nitrogens with one attached hydrogen (secondary N) is 1. The molecule has 78 valence electrons. The van der Waals surface area contributed by atoms with E-state index in [1.54, 1.807) is 11.3 Å². The molecule has 2 aromatic rings. The Hall–Kier alpha value is -0.140. The van der Waals surface area contributed by atoms with E-state index >= 15 is 0 Å². The quantitative estimate of drug-likeness (QED) is 0.792. The van der Waals surface area contributed by atoms with Crippen molar-refractivity contribution in [3.8, 4) is 0 Å². The molecular formula is C10H8BrIN2S. The second-order valence-corrected chi connectivity index (χ2v) is 5.70. The Morgan fingerprint density at radius 2 is 2.33 bits per heavy atom. The van der Waals surface area contributed by atoms with Gasteiger partial charge in [-0.25, -0.2) is 4.98 Å². The normalized spacial score (nSPS) is 10.3. The fourth-order valence-corrected chi connectivity index (χ4v) is 2.44. The molecule has 5 heteroatoms. The maximum atomic E-state index is 4.22. The molecule has 0 saturated carbocycles. The molecule has 0 fully saturated rings. The van der Waals surface area contributed by atoms with E-state index < -0.39 is 0 Å². The fourth-order valence-electron chi connectivity index (χ4n) is 1.12. The molecule has 0 aliphatic carbocycles. The average molecular weight is 395 g/mol. The molecule has 0 amide bonds. The van der Waals surface area contributed by atoms with Crippen LogP contribution in [0.15, 0.2) is 33.6 Å². The first-order chi connectivity index (χ1) is 7.25. The largest absolute Gasteiger partial charge is 0.379 e. The number of halogens is 2. The van der Waals surface area contributed by atoms with Gasteiger partial charge in [0.15, 0.2) is 0 Å². The van der Waals surface area contributed by atoms with Crippen molar-refractivity contribution in [2.75, 3.05) is 5.32 Å². The lowest BCUT2D eigenvalue weighted by Gasteiger charge is -2.05. The molecule has 0 saturated heterocycles. The average Bonchev–Trinajstić information content (AvgIpc) is 2.73. The van der Waals surface area contributed by atoms with Gasteiger partial charge in [0.2, 0.25) is 0 Å². The third-order valence-electron chi connectivity index (χ3n) is 1.88. The van der Waals surface area contributed by atoms with Crippen LogP contribution >= 0.6 is 49.9 Å². The van der Waals surface area contributed by atoms with E-state index in [4.69, 9.17) is 0 Å². The zero-order chi connectivity index (χ0) is 10.7. The summed E-state index contributed by atoms with van der Waals surface area (Å²) in [6, 6.07) is 6.21. The Labute approximate surface area is 114 Å². The Kier molecular flexibility index (Phi) is 3.99. The highest BCUT2D eigenvalue weighted by Gasteiger charge is 1.99. The minimum Gasteiger partial charge on any atom is -0.379 e. The summed E-state index contributed by atoms with van der Waals surface area (Å²) in [6.07, 6.45) is 0. The van der Waals surface area contributed by atoms with Crippen LogP contribution in [0.1, 0.15) is 5.69 Å². The number of hydrogen-bond acceptors (Lipinski definition) is 3. The fraction of sp³-hybridized carbons (Fsp3) is 0.100. The van der Waals surface area contributed by atoms with Gasteiger partial charge < -0.3 is 5.32 Å². The van der Waals surface area contributed by atoms with Gasteiger partial charge in [-0.2, -0.15) is 0 Å². The Morgan fingerprint density at radius 3 is 3.00 bits per heavy atom. The predicted molar refractivity (Wildman–Crippen MR) is 76.3 cm³/mol. The van der Waals surface area contributed by atoms with Gasteiger partial charge in [0, 0.05) is 19.1 Å². The highest BCUT2D eigenvalue weighted by atomic mass is 127. The van der Waals surface area contributed by atoms with E-state index in [1.165, 1.54) is 3.57 Å². The number of aromatic nitrogens is 1. The summed E-state index contributed by atoms with van der Waals surface area (Å²) in [7, 11) is 0. The van der Waals surface area contributed by atoms with Crippen LogP contribution in [0, 0.1) is 3.57 Å². The molecule has 0 unspecified atom stereocenters. The van der Waals surface area contributed by atoms with Crippen LogP contribution in [0.25, 0.3) is 0 Å². The third kappa shape index (κ3) is 3.15. The van der Waals surface area contributed by atoms with Crippen LogP contribution in [0.4, 0.5) is 5.69 Å². The molecule has 0 aliphatic rings. The van der Waals surface area contributed by atoms with E-state index in [0.717, 1.165) is 22.4 Å². The van der Waals surface area contributed by atoms with Crippen molar-refractivity contribution in [2.24, 2.45) is 0 Å². The number of benzene rings is 1. The van der Waals surface area contributed by atoms with E-state index in [0.29, 0.717) is 0 Å². The van der Waals surface area contributed by atoms with E-state index in [9.17, 15) is 0 Å². The first kappa shape index (κ1) is 11.3. The van der Waals surface area contributed by atoms with Crippen molar-refractivity contribution in [3.63, 3.8) is 0 Å². The van der Waals surface area contributed by atoms with Gasteiger partial charge in [-0.3, -0.25) is 0 Å². The molecule has 0 radical (unpaired) electrons. The van der Waals surface area contributed by atoms with E-state index in [-0.39, 0.29) is 0 Å². The number of rotatable bonds is 3. The number of thiazole rings is 1. The topological polar surface area (TPSA) is 24.9 Å². The molecule has 0 aliphatic heterocycles. The molecule has 15 heavy (non-hydrogen) atoms. The van der Waals surface area contributed by atoms with Crippen LogP contribution in [0.3, 0.4) is 0 Å². The summed E-state index contributed by atoms with van der Waals surface area (Å²) in [4.78, 5) is 4.22. The van der Waals surface area contributed by atoms with Crippen molar-refractivity contribution >= 4 is 55.5 Å². The molecule has 2 nitrogen and oxygen atoms in total. The zero-order valence-corrected chi connectivity index (χ0v) is 12.3. The number of anilines is 1. The number of nitrogens with zero attached hydrogens (tertiary/aromatic N) is 1. The van der Waals surface area contributed by atoms with Gasteiger partial charge in [-0.15, -0.1) is 11.3 Å². The lowest BCUT2D eigenvalue weighted by Crippen LogP contribution is -1.99. The third-order valence-corrected chi connectivity index (χ3v) is 4.84. The SMILES string of the molecule is Brc1ccc(NCc2cscn2)cc1I.